The van der Waals surface area contributed by atoms with Gasteiger partial charge < -0.3 is 19.7 Å². The van der Waals surface area contributed by atoms with Gasteiger partial charge in [-0.15, -0.1) is 0 Å². The van der Waals surface area contributed by atoms with Gasteiger partial charge in [-0.1, -0.05) is 6.07 Å². The average Bonchev–Trinajstić information content (AvgIpc) is 3.04. The minimum Gasteiger partial charge on any atom is -0.480 e. The first kappa shape index (κ1) is 13.5. The molecule has 2 heterocycles. The van der Waals surface area contributed by atoms with Crippen LogP contribution >= 0.6 is 0 Å². The molecule has 7 heteroatoms. The van der Waals surface area contributed by atoms with E-state index < -0.39 is 18.1 Å². The van der Waals surface area contributed by atoms with Crippen molar-refractivity contribution in [1.29, 1.82) is 0 Å². The van der Waals surface area contributed by atoms with Crippen LogP contribution in [0.15, 0.2) is 18.2 Å². The molecule has 2 aliphatic rings. The van der Waals surface area contributed by atoms with Gasteiger partial charge in [0.2, 0.25) is 6.79 Å². The molecule has 0 saturated carbocycles. The molecule has 7 nitrogen and oxygen atoms in total. The summed E-state index contributed by atoms with van der Waals surface area (Å²) < 4.78 is 10.5. The van der Waals surface area contributed by atoms with Gasteiger partial charge in [-0.05, 0) is 36.5 Å². The quantitative estimate of drug-likeness (QED) is 0.874. The Labute approximate surface area is 120 Å². The maximum atomic E-state index is 11.1. The lowest BCUT2D eigenvalue weighted by molar-refractivity contribution is -0.141. The van der Waals surface area contributed by atoms with Crippen LogP contribution in [-0.2, 0) is 11.2 Å². The number of benzene rings is 1. The van der Waals surface area contributed by atoms with Crippen LogP contribution in [0, 0.1) is 5.92 Å². The normalized spacial score (nSPS) is 23.3. The summed E-state index contributed by atoms with van der Waals surface area (Å²) in [6, 6.07) is 4.62. The Bertz CT molecular complexity index is 565. The number of carbonyl (C=O) groups is 2. The maximum absolute atomic E-state index is 11.1. The predicted molar refractivity (Wildman–Crippen MR) is 70.5 cm³/mol. The Morgan fingerprint density at radius 1 is 1.24 bits per heavy atom. The van der Waals surface area contributed by atoms with Crippen LogP contribution < -0.4 is 9.47 Å². The molecule has 1 amide bonds. The average molecular weight is 293 g/mol. The second-order valence-electron chi connectivity index (χ2n) is 5.28. The van der Waals surface area contributed by atoms with Gasteiger partial charge in [-0.25, -0.2) is 9.59 Å². The fourth-order valence-corrected chi connectivity index (χ4v) is 2.92. The molecule has 0 spiro atoms. The van der Waals surface area contributed by atoms with Crippen molar-refractivity contribution >= 4 is 12.1 Å². The van der Waals surface area contributed by atoms with E-state index >= 15 is 0 Å². The molecule has 0 radical (unpaired) electrons. The second-order valence-corrected chi connectivity index (χ2v) is 5.28. The molecule has 21 heavy (non-hydrogen) atoms. The van der Waals surface area contributed by atoms with E-state index in [2.05, 4.69) is 0 Å². The van der Waals surface area contributed by atoms with E-state index in [1.54, 1.807) is 0 Å². The molecule has 1 aromatic carbocycles. The van der Waals surface area contributed by atoms with Crippen LogP contribution in [0.1, 0.15) is 12.0 Å². The van der Waals surface area contributed by atoms with Crippen molar-refractivity contribution in [3.05, 3.63) is 23.8 Å². The number of rotatable bonds is 3. The third kappa shape index (κ3) is 2.58. The number of carboxylic acids is 1. The van der Waals surface area contributed by atoms with Crippen LogP contribution in [0.4, 0.5) is 4.79 Å². The lowest BCUT2D eigenvalue weighted by Gasteiger charge is -2.16. The number of aliphatic carboxylic acids is 1. The van der Waals surface area contributed by atoms with Crippen molar-refractivity contribution in [3.63, 3.8) is 0 Å². The standard InChI is InChI=1S/C14H15NO6/c16-13(17)10-4-9(6-15(10)14(18)19)3-8-1-2-11-12(5-8)21-7-20-11/h1-2,5,9-10H,3-4,6-7H2,(H,16,17)(H,18,19)/t9-,10+/m1/s1. The van der Waals surface area contributed by atoms with Crippen LogP contribution in [-0.4, -0.2) is 46.6 Å². The van der Waals surface area contributed by atoms with Gasteiger partial charge in [0.15, 0.2) is 11.5 Å². The van der Waals surface area contributed by atoms with Crippen LogP contribution in [0.2, 0.25) is 0 Å². The van der Waals surface area contributed by atoms with E-state index in [0.717, 1.165) is 10.5 Å². The fourth-order valence-electron chi connectivity index (χ4n) is 2.92. The predicted octanol–water partition coefficient (Wildman–Crippen LogP) is 1.41. The van der Waals surface area contributed by atoms with Gasteiger partial charge in [-0.2, -0.15) is 0 Å². The zero-order chi connectivity index (χ0) is 15.0. The van der Waals surface area contributed by atoms with Gasteiger partial charge in [0, 0.05) is 6.54 Å². The SMILES string of the molecule is O=C(O)[C@@H]1C[C@@H](Cc2ccc3c(c2)OCO3)CN1C(=O)O. The summed E-state index contributed by atoms with van der Waals surface area (Å²) in [6.45, 7) is 0.441. The monoisotopic (exact) mass is 293 g/mol. The Morgan fingerprint density at radius 3 is 2.67 bits per heavy atom. The molecule has 0 bridgehead atoms. The number of likely N-dealkylation sites (tertiary alicyclic amines) is 1. The van der Waals surface area contributed by atoms with Crippen molar-refractivity contribution in [2.75, 3.05) is 13.3 Å². The molecular formula is C14H15NO6. The van der Waals surface area contributed by atoms with Crippen LogP contribution in [0.5, 0.6) is 11.5 Å². The number of hydrogen-bond donors (Lipinski definition) is 2. The number of fused-ring (bicyclic) bond motifs is 1. The zero-order valence-corrected chi connectivity index (χ0v) is 11.2. The van der Waals surface area contributed by atoms with Gasteiger partial charge in [-0.3, -0.25) is 4.90 Å². The van der Waals surface area contributed by atoms with Crippen molar-refractivity contribution < 1.29 is 29.3 Å². The largest absolute Gasteiger partial charge is 0.480 e. The molecule has 1 aromatic rings. The summed E-state index contributed by atoms with van der Waals surface area (Å²) in [5.41, 5.74) is 0.987. The van der Waals surface area contributed by atoms with Crippen molar-refractivity contribution in [2.24, 2.45) is 5.92 Å². The van der Waals surface area contributed by atoms with Gasteiger partial charge >= 0.3 is 12.1 Å². The molecule has 112 valence electrons. The third-order valence-corrected chi connectivity index (χ3v) is 3.88. The van der Waals surface area contributed by atoms with Crippen molar-refractivity contribution in [1.82, 2.24) is 4.90 Å². The van der Waals surface area contributed by atoms with Crippen molar-refractivity contribution in [3.8, 4) is 11.5 Å². The zero-order valence-electron chi connectivity index (χ0n) is 11.2. The van der Waals surface area contributed by atoms with Crippen LogP contribution in [0.25, 0.3) is 0 Å². The summed E-state index contributed by atoms with van der Waals surface area (Å²) in [7, 11) is 0. The number of carboxylic acid groups (broad SMARTS) is 2. The molecule has 1 saturated heterocycles. The van der Waals surface area contributed by atoms with E-state index in [1.165, 1.54) is 0 Å². The number of hydrogen-bond acceptors (Lipinski definition) is 4. The first-order valence-corrected chi connectivity index (χ1v) is 6.65. The van der Waals surface area contributed by atoms with Gasteiger partial charge in [0.25, 0.3) is 0 Å². The summed E-state index contributed by atoms with van der Waals surface area (Å²) in [5.74, 6) is 0.268. The lowest BCUT2D eigenvalue weighted by Crippen LogP contribution is -2.39. The molecule has 2 N–H and O–H groups in total. The van der Waals surface area contributed by atoms with Crippen molar-refractivity contribution in [2.45, 2.75) is 18.9 Å². The highest BCUT2D eigenvalue weighted by Crippen LogP contribution is 2.34. The topological polar surface area (TPSA) is 96.3 Å². The number of amides is 1. The summed E-state index contributed by atoms with van der Waals surface area (Å²) in [6.07, 6.45) is -0.240. The minimum atomic E-state index is -1.18. The van der Waals surface area contributed by atoms with E-state index in [9.17, 15) is 9.59 Å². The molecule has 0 aliphatic carbocycles. The van der Waals surface area contributed by atoms with E-state index in [4.69, 9.17) is 19.7 Å². The number of nitrogens with zero attached hydrogens (tertiary/aromatic N) is 1. The summed E-state index contributed by atoms with van der Waals surface area (Å²) in [5, 5.41) is 18.2. The van der Waals surface area contributed by atoms with E-state index in [0.29, 0.717) is 24.3 Å². The first-order chi connectivity index (χ1) is 10.0. The van der Waals surface area contributed by atoms with E-state index in [-0.39, 0.29) is 19.3 Å². The second kappa shape index (κ2) is 5.16. The van der Waals surface area contributed by atoms with Gasteiger partial charge in [0.05, 0.1) is 0 Å². The lowest BCUT2D eigenvalue weighted by atomic mass is 9.96. The molecule has 0 aromatic heterocycles. The molecular weight excluding hydrogens is 278 g/mol. The number of ether oxygens (including phenoxy) is 2. The third-order valence-electron chi connectivity index (χ3n) is 3.88. The molecule has 3 rings (SSSR count). The Balaban J connectivity index is 1.71. The fraction of sp³-hybridized carbons (Fsp3) is 0.429. The summed E-state index contributed by atoms with van der Waals surface area (Å²) in [4.78, 5) is 23.2. The van der Waals surface area contributed by atoms with E-state index in [1.807, 2.05) is 18.2 Å². The Kier molecular flexibility index (Phi) is 3.32. The Morgan fingerprint density at radius 2 is 2.00 bits per heavy atom. The Hall–Kier alpha value is -2.44. The molecule has 2 aliphatic heterocycles. The maximum Gasteiger partial charge on any atom is 0.408 e. The van der Waals surface area contributed by atoms with Crippen LogP contribution in [0.3, 0.4) is 0 Å². The highest BCUT2D eigenvalue weighted by Gasteiger charge is 2.39. The molecule has 2 atom stereocenters. The minimum absolute atomic E-state index is 0.0115. The molecule has 0 unspecified atom stereocenters. The summed E-state index contributed by atoms with van der Waals surface area (Å²) >= 11 is 0. The highest BCUT2D eigenvalue weighted by molar-refractivity contribution is 5.80. The smallest absolute Gasteiger partial charge is 0.408 e. The highest BCUT2D eigenvalue weighted by atomic mass is 16.7. The first-order valence-electron chi connectivity index (χ1n) is 6.65. The molecule has 1 fully saturated rings. The van der Waals surface area contributed by atoms with Gasteiger partial charge in [0.1, 0.15) is 6.04 Å².